The highest BCUT2D eigenvalue weighted by Gasteiger charge is 2.18. The van der Waals surface area contributed by atoms with Gasteiger partial charge in [0.25, 0.3) is 0 Å². The number of aromatic nitrogens is 2. The number of carboxylic acid groups (broad SMARTS) is 1. The van der Waals surface area contributed by atoms with E-state index in [4.69, 9.17) is 0 Å². The van der Waals surface area contributed by atoms with Gasteiger partial charge in [0.05, 0.1) is 11.6 Å². The average Bonchev–Trinajstić information content (AvgIpc) is 2.92. The number of aliphatic carboxylic acids is 1. The second-order valence-corrected chi connectivity index (χ2v) is 6.29. The Bertz CT molecular complexity index is 649. The van der Waals surface area contributed by atoms with E-state index in [2.05, 4.69) is 22.5 Å². The van der Waals surface area contributed by atoms with E-state index in [0.29, 0.717) is 25.4 Å². The van der Waals surface area contributed by atoms with Crippen LogP contribution < -0.4 is 5.32 Å². The molecule has 1 unspecified atom stereocenters. The van der Waals surface area contributed by atoms with Crippen molar-refractivity contribution in [2.45, 2.75) is 26.8 Å². The second kappa shape index (κ2) is 7.92. The summed E-state index contributed by atoms with van der Waals surface area (Å²) in [5, 5.41) is 16.8. The summed E-state index contributed by atoms with van der Waals surface area (Å²) < 4.78 is 1.84. The third kappa shape index (κ3) is 4.66. The molecule has 1 aromatic carbocycles. The summed E-state index contributed by atoms with van der Waals surface area (Å²) in [6.07, 6.45) is 2.47. The third-order valence-electron chi connectivity index (χ3n) is 3.93. The Balaban J connectivity index is 2.04. The van der Waals surface area contributed by atoms with Crippen LogP contribution in [-0.2, 0) is 18.4 Å². The van der Waals surface area contributed by atoms with Gasteiger partial charge in [-0.3, -0.25) is 9.48 Å². The van der Waals surface area contributed by atoms with Crippen molar-refractivity contribution in [2.24, 2.45) is 18.9 Å². The predicted molar refractivity (Wildman–Crippen MR) is 90.9 cm³/mol. The highest BCUT2D eigenvalue weighted by molar-refractivity contribution is 5.70. The van der Waals surface area contributed by atoms with E-state index < -0.39 is 5.97 Å². The molecule has 2 N–H and O–H groups in total. The van der Waals surface area contributed by atoms with Crippen LogP contribution in [0.4, 0.5) is 0 Å². The summed E-state index contributed by atoms with van der Waals surface area (Å²) in [7, 11) is 1.92. The Kier molecular flexibility index (Phi) is 5.93. The lowest BCUT2D eigenvalue weighted by Gasteiger charge is -2.16. The van der Waals surface area contributed by atoms with Crippen molar-refractivity contribution >= 4 is 5.97 Å². The minimum Gasteiger partial charge on any atom is -0.481 e. The summed E-state index contributed by atoms with van der Waals surface area (Å²) >= 11 is 0. The number of aryl methyl sites for hydroxylation is 1. The first kappa shape index (κ1) is 17.2. The molecule has 5 heteroatoms. The molecule has 0 aliphatic carbocycles. The summed E-state index contributed by atoms with van der Waals surface area (Å²) in [6.45, 7) is 5.22. The highest BCUT2D eigenvalue weighted by Crippen LogP contribution is 2.22. The highest BCUT2D eigenvalue weighted by atomic mass is 16.4. The molecule has 2 rings (SSSR count). The van der Waals surface area contributed by atoms with E-state index in [9.17, 15) is 9.90 Å². The molecule has 0 fully saturated rings. The maximum Gasteiger partial charge on any atom is 0.307 e. The van der Waals surface area contributed by atoms with E-state index >= 15 is 0 Å². The first-order valence-corrected chi connectivity index (χ1v) is 7.98. The number of carbonyl (C=O) groups is 1. The maximum absolute atomic E-state index is 11.3. The summed E-state index contributed by atoms with van der Waals surface area (Å²) in [5.41, 5.74) is 3.32. The maximum atomic E-state index is 11.3. The van der Waals surface area contributed by atoms with Gasteiger partial charge in [0.15, 0.2) is 0 Å². The lowest BCUT2D eigenvalue weighted by molar-refractivity contribution is -0.142. The molecule has 0 aliphatic heterocycles. The van der Waals surface area contributed by atoms with Gasteiger partial charge in [-0.25, -0.2) is 0 Å². The minimum absolute atomic E-state index is 0.348. The van der Waals surface area contributed by atoms with Crippen LogP contribution in [0.25, 0.3) is 11.3 Å². The van der Waals surface area contributed by atoms with Gasteiger partial charge in [0.2, 0.25) is 0 Å². The smallest absolute Gasteiger partial charge is 0.307 e. The molecule has 23 heavy (non-hydrogen) atoms. The number of nitrogens with zero attached hydrogens (tertiary/aromatic N) is 2. The molecule has 0 radical (unpaired) electrons. The molecule has 1 heterocycles. The van der Waals surface area contributed by atoms with Crippen LogP contribution >= 0.6 is 0 Å². The van der Waals surface area contributed by atoms with Crippen LogP contribution in [0, 0.1) is 11.8 Å². The average molecular weight is 315 g/mol. The van der Waals surface area contributed by atoms with Crippen molar-refractivity contribution in [3.05, 3.63) is 42.1 Å². The molecule has 0 aliphatic rings. The Hall–Kier alpha value is -2.14. The lowest BCUT2D eigenvalue weighted by Crippen LogP contribution is -2.29. The summed E-state index contributed by atoms with van der Waals surface area (Å²) in [5.74, 6) is -0.704. The fourth-order valence-corrected chi connectivity index (χ4v) is 2.78. The van der Waals surface area contributed by atoms with Crippen LogP contribution in [0.1, 0.15) is 25.8 Å². The molecule has 0 saturated carbocycles. The van der Waals surface area contributed by atoms with Crippen molar-refractivity contribution in [2.75, 3.05) is 6.54 Å². The quantitative estimate of drug-likeness (QED) is 0.786. The number of rotatable bonds is 8. The van der Waals surface area contributed by atoms with Crippen molar-refractivity contribution in [1.29, 1.82) is 0 Å². The molecule has 0 saturated heterocycles. The zero-order chi connectivity index (χ0) is 16.8. The number of hydrogen-bond donors (Lipinski definition) is 2. The van der Waals surface area contributed by atoms with Gasteiger partial charge in [-0.2, -0.15) is 5.10 Å². The Morgan fingerprint density at radius 2 is 2.04 bits per heavy atom. The molecular weight excluding hydrogens is 290 g/mol. The largest absolute Gasteiger partial charge is 0.481 e. The zero-order valence-electron chi connectivity index (χ0n) is 14.0. The first-order chi connectivity index (χ1) is 11.0. The van der Waals surface area contributed by atoms with Crippen molar-refractivity contribution in [3.8, 4) is 11.3 Å². The van der Waals surface area contributed by atoms with Crippen LogP contribution in [0.5, 0.6) is 0 Å². The monoisotopic (exact) mass is 315 g/mol. The first-order valence-electron chi connectivity index (χ1n) is 7.98. The van der Waals surface area contributed by atoms with Crippen molar-refractivity contribution in [1.82, 2.24) is 15.1 Å². The molecule has 124 valence electrons. The van der Waals surface area contributed by atoms with Crippen LogP contribution in [0.15, 0.2) is 36.5 Å². The van der Waals surface area contributed by atoms with Gasteiger partial charge in [-0.1, -0.05) is 38.1 Å². The predicted octanol–water partition coefficient (Wildman–Crippen LogP) is 2.92. The fourth-order valence-electron chi connectivity index (χ4n) is 2.78. The summed E-state index contributed by atoms with van der Waals surface area (Å²) in [6, 6.07) is 10.1. The van der Waals surface area contributed by atoms with E-state index in [1.54, 1.807) is 6.20 Å². The zero-order valence-corrected chi connectivity index (χ0v) is 14.0. The lowest BCUT2D eigenvalue weighted by atomic mass is 9.97. The van der Waals surface area contributed by atoms with Gasteiger partial charge >= 0.3 is 5.97 Å². The van der Waals surface area contributed by atoms with E-state index in [1.807, 2.05) is 43.8 Å². The molecule has 5 nitrogen and oxygen atoms in total. The van der Waals surface area contributed by atoms with Crippen LogP contribution in [0.3, 0.4) is 0 Å². The number of hydrogen-bond acceptors (Lipinski definition) is 3. The molecule has 0 bridgehead atoms. The standard InChI is InChI=1S/C18H25N3O2/c1-13(2)10-15(18(22)23)12-19-11-14-6-4-5-7-16(14)17-8-9-20-21(17)3/h4-9,13,15,19H,10-12H2,1-3H3,(H,22,23). The number of carboxylic acids is 1. The fraction of sp³-hybridized carbons (Fsp3) is 0.444. The van der Waals surface area contributed by atoms with Crippen molar-refractivity contribution in [3.63, 3.8) is 0 Å². The van der Waals surface area contributed by atoms with Gasteiger partial charge in [-0.15, -0.1) is 0 Å². The van der Waals surface area contributed by atoms with Gasteiger partial charge in [-0.05, 0) is 24.0 Å². The van der Waals surface area contributed by atoms with Gasteiger partial charge < -0.3 is 10.4 Å². The van der Waals surface area contributed by atoms with Gasteiger partial charge in [0, 0.05) is 31.9 Å². The van der Waals surface area contributed by atoms with Gasteiger partial charge in [0.1, 0.15) is 0 Å². The minimum atomic E-state index is -0.730. The third-order valence-corrected chi connectivity index (χ3v) is 3.93. The molecule has 1 aromatic heterocycles. The SMILES string of the molecule is CC(C)CC(CNCc1ccccc1-c1ccnn1C)C(=O)O. The van der Waals surface area contributed by atoms with E-state index in [1.165, 1.54) is 0 Å². The second-order valence-electron chi connectivity index (χ2n) is 6.29. The summed E-state index contributed by atoms with van der Waals surface area (Å²) in [4.78, 5) is 11.3. The van der Waals surface area contributed by atoms with Crippen LogP contribution in [-0.4, -0.2) is 27.4 Å². The van der Waals surface area contributed by atoms with Crippen LogP contribution in [0.2, 0.25) is 0 Å². The Morgan fingerprint density at radius 3 is 2.65 bits per heavy atom. The molecule has 0 spiro atoms. The molecular formula is C18H25N3O2. The number of nitrogens with one attached hydrogen (secondary N) is 1. The van der Waals surface area contributed by atoms with Crippen molar-refractivity contribution < 1.29 is 9.90 Å². The number of benzene rings is 1. The molecule has 2 aromatic rings. The Morgan fingerprint density at radius 1 is 1.30 bits per heavy atom. The van der Waals surface area contributed by atoms with E-state index in [0.717, 1.165) is 16.8 Å². The normalized spacial score (nSPS) is 12.5. The Labute approximate surface area is 137 Å². The molecule has 0 amide bonds. The topological polar surface area (TPSA) is 67.2 Å². The molecule has 1 atom stereocenters. The van der Waals surface area contributed by atoms with E-state index in [-0.39, 0.29) is 5.92 Å².